The number of aryl methyl sites for hydroxylation is 2. The van der Waals surface area contributed by atoms with Gasteiger partial charge in [0, 0.05) is 24.8 Å². The van der Waals surface area contributed by atoms with Crippen LogP contribution in [-0.2, 0) is 4.79 Å². The maximum atomic E-state index is 13.3. The Kier molecular flexibility index (Phi) is 5.09. The maximum Gasteiger partial charge on any atom is 0.238 e. The molecular formula is C21H24FN5O. The van der Waals surface area contributed by atoms with Crippen molar-refractivity contribution in [3.05, 3.63) is 53.3 Å². The molecule has 2 aromatic carbocycles. The molecule has 0 bridgehead atoms. The lowest BCUT2D eigenvalue weighted by atomic mass is 10.0. The molecule has 146 valence electrons. The molecule has 4 rings (SSSR count). The average molecular weight is 381 g/mol. The van der Waals surface area contributed by atoms with Gasteiger partial charge in [0.15, 0.2) is 0 Å². The minimum Gasteiger partial charge on any atom is -0.325 e. The minimum absolute atomic E-state index is 0.00475. The molecule has 1 saturated heterocycles. The molecule has 1 aliphatic rings. The Morgan fingerprint density at radius 3 is 2.57 bits per heavy atom. The SMILES string of the molecule is Cc1cc(C)cc(NC(=O)CN2CCC(n3nnc4cc(F)ccc43)CC2)c1. The summed E-state index contributed by atoms with van der Waals surface area (Å²) in [5.74, 6) is -0.297. The first kappa shape index (κ1) is 18.6. The molecule has 1 N–H and O–H groups in total. The topological polar surface area (TPSA) is 63.1 Å². The largest absolute Gasteiger partial charge is 0.325 e. The molecule has 0 aliphatic carbocycles. The molecule has 0 unspecified atom stereocenters. The highest BCUT2D eigenvalue weighted by molar-refractivity contribution is 5.92. The number of amides is 1. The smallest absolute Gasteiger partial charge is 0.238 e. The van der Waals surface area contributed by atoms with Crippen LogP contribution < -0.4 is 5.32 Å². The number of halogens is 1. The number of carbonyl (C=O) groups excluding carboxylic acids is 1. The molecule has 1 aromatic heterocycles. The van der Waals surface area contributed by atoms with Crippen molar-refractivity contribution >= 4 is 22.6 Å². The van der Waals surface area contributed by atoms with Crippen molar-refractivity contribution < 1.29 is 9.18 Å². The van der Waals surface area contributed by atoms with Crippen molar-refractivity contribution in [1.29, 1.82) is 0 Å². The second-order valence-corrected chi connectivity index (χ2v) is 7.60. The highest BCUT2D eigenvalue weighted by Gasteiger charge is 2.24. The fourth-order valence-electron chi connectivity index (χ4n) is 3.96. The van der Waals surface area contributed by atoms with Gasteiger partial charge in [0.1, 0.15) is 11.3 Å². The van der Waals surface area contributed by atoms with Gasteiger partial charge in [0.05, 0.1) is 18.1 Å². The van der Waals surface area contributed by atoms with Crippen LogP contribution in [0.1, 0.15) is 30.0 Å². The quantitative estimate of drug-likeness (QED) is 0.752. The zero-order chi connectivity index (χ0) is 19.7. The summed E-state index contributed by atoms with van der Waals surface area (Å²) in [5.41, 5.74) is 4.55. The number of benzene rings is 2. The first-order chi connectivity index (χ1) is 13.5. The van der Waals surface area contributed by atoms with Crippen LogP contribution in [0, 0.1) is 19.7 Å². The normalized spacial score (nSPS) is 15.8. The molecule has 0 spiro atoms. The summed E-state index contributed by atoms with van der Waals surface area (Å²) in [6, 6.07) is 10.8. The molecule has 3 aromatic rings. The molecule has 0 saturated carbocycles. The van der Waals surface area contributed by atoms with Crippen molar-refractivity contribution in [2.45, 2.75) is 32.7 Å². The Labute approximate surface area is 163 Å². The lowest BCUT2D eigenvalue weighted by molar-refractivity contribution is -0.117. The molecule has 0 radical (unpaired) electrons. The standard InChI is InChI=1S/C21H24FN5O/c1-14-9-15(2)11-17(10-14)23-21(28)13-26-7-5-18(6-8-26)27-20-4-3-16(22)12-19(20)24-25-27/h3-4,9-12,18H,5-8,13H2,1-2H3,(H,23,28). The van der Waals surface area contributed by atoms with Crippen LogP contribution in [0.25, 0.3) is 11.0 Å². The van der Waals surface area contributed by atoms with Crippen molar-refractivity contribution in [2.24, 2.45) is 0 Å². The van der Waals surface area contributed by atoms with Crippen LogP contribution in [0.4, 0.5) is 10.1 Å². The fourth-order valence-corrected chi connectivity index (χ4v) is 3.96. The molecule has 0 atom stereocenters. The monoisotopic (exact) mass is 381 g/mol. The summed E-state index contributed by atoms with van der Waals surface area (Å²) in [4.78, 5) is 14.6. The van der Waals surface area contributed by atoms with Gasteiger partial charge in [0.2, 0.25) is 5.91 Å². The van der Waals surface area contributed by atoms with Crippen LogP contribution in [-0.4, -0.2) is 45.4 Å². The summed E-state index contributed by atoms with van der Waals surface area (Å²) in [6.07, 6.45) is 1.76. The second-order valence-electron chi connectivity index (χ2n) is 7.60. The van der Waals surface area contributed by atoms with E-state index in [-0.39, 0.29) is 17.8 Å². The number of rotatable bonds is 4. The maximum absolute atomic E-state index is 13.3. The van der Waals surface area contributed by atoms with E-state index in [0.717, 1.165) is 48.3 Å². The van der Waals surface area contributed by atoms with Crippen LogP contribution in [0.2, 0.25) is 0 Å². The highest BCUT2D eigenvalue weighted by Crippen LogP contribution is 2.25. The number of hydrogen-bond acceptors (Lipinski definition) is 4. The van der Waals surface area contributed by atoms with Gasteiger partial charge in [-0.2, -0.15) is 0 Å². The fraction of sp³-hybridized carbons (Fsp3) is 0.381. The minimum atomic E-state index is -0.302. The van der Waals surface area contributed by atoms with Crippen LogP contribution in [0.15, 0.2) is 36.4 Å². The number of aromatic nitrogens is 3. The number of nitrogens with one attached hydrogen (secondary N) is 1. The molecular weight excluding hydrogens is 357 g/mol. The summed E-state index contributed by atoms with van der Waals surface area (Å²) >= 11 is 0. The van der Waals surface area contributed by atoms with Gasteiger partial charge >= 0.3 is 0 Å². The molecule has 1 aliphatic heterocycles. The number of hydrogen-bond donors (Lipinski definition) is 1. The number of carbonyl (C=O) groups is 1. The Balaban J connectivity index is 1.34. The van der Waals surface area contributed by atoms with Crippen LogP contribution >= 0.6 is 0 Å². The summed E-state index contributed by atoms with van der Waals surface area (Å²) in [7, 11) is 0. The van der Waals surface area contributed by atoms with Crippen molar-refractivity contribution in [1.82, 2.24) is 19.9 Å². The van der Waals surface area contributed by atoms with Gasteiger partial charge in [-0.15, -0.1) is 5.10 Å². The van der Waals surface area contributed by atoms with E-state index in [2.05, 4.69) is 26.6 Å². The van der Waals surface area contributed by atoms with Gasteiger partial charge in [-0.3, -0.25) is 9.69 Å². The van der Waals surface area contributed by atoms with Gasteiger partial charge in [0.25, 0.3) is 0 Å². The summed E-state index contributed by atoms with van der Waals surface area (Å²) in [6.45, 7) is 6.05. The predicted octanol–water partition coefficient (Wildman–Crippen LogP) is 3.46. The van der Waals surface area contributed by atoms with Crippen molar-refractivity contribution in [2.75, 3.05) is 25.0 Å². The molecule has 7 heteroatoms. The van der Waals surface area contributed by atoms with Crippen molar-refractivity contribution in [3.63, 3.8) is 0 Å². The van der Waals surface area contributed by atoms with Gasteiger partial charge < -0.3 is 5.32 Å². The Bertz CT molecular complexity index is 987. The van der Waals surface area contributed by atoms with Gasteiger partial charge in [-0.1, -0.05) is 11.3 Å². The molecule has 1 fully saturated rings. The lowest BCUT2D eigenvalue weighted by Gasteiger charge is -2.31. The van der Waals surface area contributed by atoms with Crippen LogP contribution in [0.5, 0.6) is 0 Å². The number of piperidine rings is 1. The summed E-state index contributed by atoms with van der Waals surface area (Å²) in [5, 5.41) is 11.3. The molecule has 6 nitrogen and oxygen atoms in total. The Morgan fingerprint density at radius 1 is 1.14 bits per heavy atom. The van der Waals surface area contributed by atoms with E-state index in [1.165, 1.54) is 12.1 Å². The third-order valence-electron chi connectivity index (χ3n) is 5.21. The first-order valence-electron chi connectivity index (χ1n) is 9.59. The van der Waals surface area contributed by atoms with E-state index in [1.807, 2.05) is 30.7 Å². The second kappa shape index (κ2) is 7.67. The van der Waals surface area contributed by atoms with E-state index < -0.39 is 0 Å². The molecule has 1 amide bonds. The van der Waals surface area contributed by atoms with Crippen LogP contribution in [0.3, 0.4) is 0 Å². The molecule has 28 heavy (non-hydrogen) atoms. The first-order valence-corrected chi connectivity index (χ1v) is 9.59. The third kappa shape index (κ3) is 4.04. The zero-order valence-corrected chi connectivity index (χ0v) is 16.2. The predicted molar refractivity (Wildman–Crippen MR) is 107 cm³/mol. The summed E-state index contributed by atoms with van der Waals surface area (Å²) < 4.78 is 15.2. The number of likely N-dealkylation sites (tertiary alicyclic amines) is 1. The van der Waals surface area contributed by atoms with E-state index in [1.54, 1.807) is 6.07 Å². The molecule has 2 heterocycles. The average Bonchev–Trinajstić information content (AvgIpc) is 3.04. The van der Waals surface area contributed by atoms with E-state index in [9.17, 15) is 9.18 Å². The third-order valence-corrected chi connectivity index (χ3v) is 5.21. The van der Waals surface area contributed by atoms with E-state index >= 15 is 0 Å². The Morgan fingerprint density at radius 2 is 1.86 bits per heavy atom. The van der Waals surface area contributed by atoms with Gasteiger partial charge in [-0.05, 0) is 62.1 Å². The zero-order valence-electron chi connectivity index (χ0n) is 16.2. The highest BCUT2D eigenvalue weighted by atomic mass is 19.1. The van der Waals surface area contributed by atoms with E-state index in [4.69, 9.17) is 0 Å². The number of nitrogens with zero attached hydrogens (tertiary/aromatic N) is 4. The van der Waals surface area contributed by atoms with Gasteiger partial charge in [-0.25, -0.2) is 9.07 Å². The number of fused-ring (bicyclic) bond motifs is 1. The van der Waals surface area contributed by atoms with Crippen molar-refractivity contribution in [3.8, 4) is 0 Å². The lowest BCUT2D eigenvalue weighted by Crippen LogP contribution is -2.39. The number of anilines is 1. The van der Waals surface area contributed by atoms with E-state index in [0.29, 0.717) is 12.1 Å². The Hall–Kier alpha value is -2.80.